The number of amides is 3. The molecule has 3 amide bonds. The third kappa shape index (κ3) is 4.82. The zero-order valence-electron chi connectivity index (χ0n) is 21.9. The van der Waals surface area contributed by atoms with Crippen molar-refractivity contribution >= 4 is 23.4 Å². The second-order valence-electron chi connectivity index (χ2n) is 11.2. The molecule has 0 aliphatic carbocycles. The first-order valence-electron chi connectivity index (χ1n) is 13.0. The lowest BCUT2D eigenvalue weighted by molar-refractivity contribution is -0.139. The van der Waals surface area contributed by atoms with E-state index in [0.29, 0.717) is 25.3 Å². The molecule has 10 heteroatoms. The quantitative estimate of drug-likeness (QED) is 0.584. The number of nitrogens with one attached hydrogen (secondary N) is 1. The van der Waals surface area contributed by atoms with Gasteiger partial charge in [-0.1, -0.05) is 44.2 Å². The Morgan fingerprint density at radius 3 is 2.53 bits per heavy atom. The summed E-state index contributed by atoms with van der Waals surface area (Å²) in [5.41, 5.74) is 0.175. The molecule has 0 unspecified atom stereocenters. The summed E-state index contributed by atoms with van der Waals surface area (Å²) in [7, 11) is 0. The van der Waals surface area contributed by atoms with Crippen LogP contribution in [0, 0.1) is 0 Å². The van der Waals surface area contributed by atoms with Crippen LogP contribution >= 0.6 is 0 Å². The molecule has 5 rings (SSSR count). The Balaban J connectivity index is 1.40. The van der Waals surface area contributed by atoms with Gasteiger partial charge in [-0.25, -0.2) is 0 Å². The van der Waals surface area contributed by atoms with E-state index < -0.39 is 17.0 Å². The van der Waals surface area contributed by atoms with Crippen molar-refractivity contribution in [3.05, 3.63) is 59.4 Å². The van der Waals surface area contributed by atoms with E-state index in [1.165, 1.54) is 29.3 Å². The van der Waals surface area contributed by atoms with E-state index in [1.807, 2.05) is 25.7 Å². The van der Waals surface area contributed by atoms with E-state index in [1.54, 1.807) is 23.1 Å². The van der Waals surface area contributed by atoms with Crippen molar-refractivity contribution in [2.45, 2.75) is 57.0 Å². The number of carbonyl (C=O) groups excluding carboxylic acids is 3. The zero-order chi connectivity index (χ0) is 27.2. The molecule has 0 radical (unpaired) electrons. The molecule has 0 spiro atoms. The molecular formula is C28H33F2N5O3. The Hall–Kier alpha value is -3.24. The highest BCUT2D eigenvalue weighted by Gasteiger charge is 2.43. The molecule has 202 valence electrons. The molecule has 3 aliphatic heterocycles. The fourth-order valence-corrected chi connectivity index (χ4v) is 5.65. The highest BCUT2D eigenvalue weighted by atomic mass is 19.3. The Bertz CT molecular complexity index is 1240. The van der Waals surface area contributed by atoms with Gasteiger partial charge in [0.1, 0.15) is 5.69 Å². The van der Waals surface area contributed by atoms with Crippen LogP contribution in [0.3, 0.4) is 0 Å². The van der Waals surface area contributed by atoms with Crippen molar-refractivity contribution in [3.8, 4) is 0 Å². The first-order valence-corrected chi connectivity index (χ1v) is 13.0. The third-order valence-corrected chi connectivity index (χ3v) is 7.83. The summed E-state index contributed by atoms with van der Waals surface area (Å²) in [5, 5.41) is 3.37. The zero-order valence-corrected chi connectivity index (χ0v) is 21.9. The number of likely N-dealkylation sites (tertiary alicyclic amines) is 1. The molecule has 2 saturated heterocycles. The molecular weight excluding hydrogens is 492 g/mol. The summed E-state index contributed by atoms with van der Waals surface area (Å²) < 4.78 is 30.7. The Morgan fingerprint density at radius 2 is 1.84 bits per heavy atom. The normalized spacial score (nSPS) is 23.7. The molecule has 38 heavy (non-hydrogen) atoms. The summed E-state index contributed by atoms with van der Waals surface area (Å²) in [5.74, 6) is -3.90. The lowest BCUT2D eigenvalue weighted by Crippen LogP contribution is -2.61. The van der Waals surface area contributed by atoms with Gasteiger partial charge in [-0.2, -0.15) is 8.78 Å². The number of pyridine rings is 1. The summed E-state index contributed by atoms with van der Waals surface area (Å²) in [6, 6.07) is 8.77. The number of piperazine rings is 1. The highest BCUT2D eigenvalue weighted by molar-refractivity contribution is 6.02. The monoisotopic (exact) mass is 525 g/mol. The van der Waals surface area contributed by atoms with E-state index in [-0.39, 0.29) is 61.3 Å². The second-order valence-corrected chi connectivity index (χ2v) is 11.2. The van der Waals surface area contributed by atoms with Gasteiger partial charge in [-0.3, -0.25) is 29.2 Å². The van der Waals surface area contributed by atoms with E-state index in [2.05, 4.69) is 10.3 Å². The van der Waals surface area contributed by atoms with E-state index in [4.69, 9.17) is 0 Å². The number of alkyl halides is 2. The largest absolute Gasteiger partial charge is 0.314 e. The number of carbonyl (C=O) groups is 3. The summed E-state index contributed by atoms with van der Waals surface area (Å²) in [6.07, 6.45) is 1.91. The summed E-state index contributed by atoms with van der Waals surface area (Å²) in [6.45, 7) is 7.66. The minimum atomic E-state index is -3.31. The van der Waals surface area contributed by atoms with Gasteiger partial charge < -0.3 is 10.2 Å². The maximum absolute atomic E-state index is 15.4. The van der Waals surface area contributed by atoms with Crippen LogP contribution in [-0.2, 0) is 25.7 Å². The van der Waals surface area contributed by atoms with Gasteiger partial charge in [0.25, 0.3) is 0 Å². The van der Waals surface area contributed by atoms with Crippen LogP contribution in [0.2, 0.25) is 0 Å². The van der Waals surface area contributed by atoms with Gasteiger partial charge >= 0.3 is 5.92 Å². The van der Waals surface area contributed by atoms with Crippen LogP contribution in [-0.4, -0.2) is 77.3 Å². The standard InChI is InChI=1S/C28H33F2N5O3/c1-18-14-33(20(12-31-18)15-34-24(36)9-10-25(34)37)16-26(38)35-17-27(2,3)21-13-32-23(11-22(21)35)28(29,30)19-7-5-4-6-8-19/h4-8,11,13,18,20,31H,9-10,12,14-17H2,1-3H3/t18-,20-/m1/s1. The van der Waals surface area contributed by atoms with Crippen molar-refractivity contribution in [3.63, 3.8) is 0 Å². The van der Waals surface area contributed by atoms with Gasteiger partial charge in [-0.15, -0.1) is 0 Å². The van der Waals surface area contributed by atoms with Gasteiger partial charge in [0.2, 0.25) is 17.7 Å². The Kier molecular flexibility index (Phi) is 6.81. The first kappa shape index (κ1) is 26.4. The van der Waals surface area contributed by atoms with Gasteiger partial charge in [0.15, 0.2) is 0 Å². The minimum Gasteiger partial charge on any atom is -0.311 e. The first-order chi connectivity index (χ1) is 18.0. The van der Waals surface area contributed by atoms with Crippen LogP contribution in [0.1, 0.15) is 50.4 Å². The Morgan fingerprint density at radius 1 is 1.16 bits per heavy atom. The van der Waals surface area contributed by atoms with Crippen molar-refractivity contribution in [2.75, 3.05) is 37.6 Å². The Labute approximate surface area is 221 Å². The molecule has 0 saturated carbocycles. The highest BCUT2D eigenvalue weighted by Crippen LogP contribution is 2.43. The number of nitrogens with zero attached hydrogens (tertiary/aromatic N) is 4. The molecule has 0 bridgehead atoms. The molecule has 1 aromatic heterocycles. The van der Waals surface area contributed by atoms with E-state index in [9.17, 15) is 14.4 Å². The lowest BCUT2D eigenvalue weighted by atomic mass is 9.88. The lowest BCUT2D eigenvalue weighted by Gasteiger charge is -2.40. The number of imide groups is 1. The average Bonchev–Trinajstić information content (AvgIpc) is 3.35. The number of fused-ring (bicyclic) bond motifs is 1. The topological polar surface area (TPSA) is 85.9 Å². The molecule has 2 atom stereocenters. The number of aromatic nitrogens is 1. The summed E-state index contributed by atoms with van der Waals surface area (Å²) in [4.78, 5) is 47.1. The number of anilines is 1. The van der Waals surface area contributed by atoms with Gasteiger partial charge in [0.05, 0.1) is 12.2 Å². The molecule has 1 N–H and O–H groups in total. The minimum absolute atomic E-state index is 0.0508. The molecule has 2 aromatic rings. The van der Waals surface area contributed by atoms with Crippen molar-refractivity contribution in [1.29, 1.82) is 0 Å². The fourth-order valence-electron chi connectivity index (χ4n) is 5.65. The predicted molar refractivity (Wildman–Crippen MR) is 138 cm³/mol. The van der Waals surface area contributed by atoms with Crippen molar-refractivity contribution in [1.82, 2.24) is 20.1 Å². The van der Waals surface area contributed by atoms with Crippen LogP contribution < -0.4 is 10.2 Å². The van der Waals surface area contributed by atoms with Crippen molar-refractivity contribution in [2.24, 2.45) is 0 Å². The van der Waals surface area contributed by atoms with Crippen LogP contribution in [0.25, 0.3) is 0 Å². The number of hydrogen-bond acceptors (Lipinski definition) is 6. The molecule has 3 aliphatic rings. The van der Waals surface area contributed by atoms with Crippen LogP contribution in [0.4, 0.5) is 14.5 Å². The summed E-state index contributed by atoms with van der Waals surface area (Å²) >= 11 is 0. The van der Waals surface area contributed by atoms with Crippen molar-refractivity contribution < 1.29 is 23.2 Å². The molecule has 2 fully saturated rings. The molecule has 4 heterocycles. The van der Waals surface area contributed by atoms with Gasteiger partial charge in [-0.05, 0) is 13.0 Å². The van der Waals surface area contributed by atoms with Crippen LogP contribution in [0.15, 0.2) is 42.6 Å². The number of halogens is 2. The second kappa shape index (κ2) is 9.81. The average molecular weight is 526 g/mol. The SMILES string of the molecule is C[C@@H]1CN(CC(=O)N2CC(C)(C)c3cnc(C(F)(F)c4ccccc4)cc32)[C@@H](CN2C(=O)CCC2=O)CN1. The van der Waals surface area contributed by atoms with E-state index in [0.717, 1.165) is 5.56 Å². The smallest absolute Gasteiger partial charge is 0.311 e. The number of rotatable bonds is 6. The number of hydrogen-bond donors (Lipinski definition) is 1. The maximum atomic E-state index is 15.4. The predicted octanol–water partition coefficient (Wildman–Crippen LogP) is 2.66. The van der Waals surface area contributed by atoms with E-state index >= 15 is 8.78 Å². The maximum Gasteiger partial charge on any atom is 0.314 e. The number of benzene rings is 1. The van der Waals surface area contributed by atoms with Gasteiger partial charge in [0, 0.05) is 73.8 Å². The fraction of sp³-hybridized carbons (Fsp3) is 0.500. The molecule has 8 nitrogen and oxygen atoms in total. The van der Waals surface area contributed by atoms with Crippen LogP contribution in [0.5, 0.6) is 0 Å². The molecule has 1 aromatic carbocycles. The third-order valence-electron chi connectivity index (χ3n) is 7.83.